The molecule has 2 saturated carbocycles. The summed E-state index contributed by atoms with van der Waals surface area (Å²) in [7, 11) is 1.08. The molecule has 1 aromatic rings. The molecule has 254 valence electrons. The number of nitrogens with two attached hydrogens (primary N) is 1. The number of carbonyl (C=O) groups excluding carboxylic acids is 5. The third-order valence-corrected chi connectivity index (χ3v) is 11.0. The van der Waals surface area contributed by atoms with Gasteiger partial charge in [-0.15, -0.1) is 0 Å². The number of fused-ring (bicyclic) bond motifs is 2. The summed E-state index contributed by atoms with van der Waals surface area (Å²) in [4.78, 5) is 73.7. The van der Waals surface area contributed by atoms with E-state index >= 15 is 0 Å². The number of methoxy groups -OCH3 is 1. The van der Waals surface area contributed by atoms with Crippen molar-refractivity contribution in [2.24, 2.45) is 34.3 Å². The fourth-order valence-electron chi connectivity index (χ4n) is 9.27. The molecule has 0 aromatic carbocycles. The Labute approximate surface area is 269 Å². The number of H-pyrrole nitrogens is 1. The molecule has 2 saturated heterocycles. The highest BCUT2D eigenvalue weighted by Crippen LogP contribution is 2.72. The fraction of sp³-hybridized carbons (Fsp3) is 0.625. The maximum atomic E-state index is 13.8. The summed E-state index contributed by atoms with van der Waals surface area (Å²) in [5.41, 5.74) is 2.78. The Morgan fingerprint density at radius 2 is 1.96 bits per heavy atom. The smallest absolute Gasteiger partial charge is 0.348 e. The van der Waals surface area contributed by atoms with Crippen LogP contribution in [0.25, 0.3) is 0 Å². The molecule has 2 aliphatic heterocycles. The van der Waals surface area contributed by atoms with Crippen LogP contribution in [0.5, 0.6) is 0 Å². The Morgan fingerprint density at radius 3 is 2.60 bits per heavy atom. The highest BCUT2D eigenvalue weighted by Gasteiger charge is 2.85. The molecular formula is C32H39N3O12. The van der Waals surface area contributed by atoms with Crippen LogP contribution < -0.4 is 5.73 Å². The summed E-state index contributed by atoms with van der Waals surface area (Å²) in [6.07, 6.45) is -2.19. The van der Waals surface area contributed by atoms with Crippen LogP contribution in [0, 0.1) is 28.6 Å². The van der Waals surface area contributed by atoms with E-state index in [9.17, 15) is 34.2 Å². The number of nitrogens with zero attached hydrogens (tertiary/aromatic N) is 1. The topological polar surface area (TPSA) is 227 Å². The van der Waals surface area contributed by atoms with Crippen molar-refractivity contribution >= 4 is 29.7 Å². The van der Waals surface area contributed by atoms with Gasteiger partial charge in [-0.25, -0.2) is 24.2 Å². The quantitative estimate of drug-likeness (QED) is 0.169. The Morgan fingerprint density at radius 1 is 1.23 bits per heavy atom. The van der Waals surface area contributed by atoms with Gasteiger partial charge in [0.1, 0.15) is 18.2 Å². The van der Waals surface area contributed by atoms with Crippen LogP contribution in [0.2, 0.25) is 0 Å². The molecule has 1 aromatic heterocycles. The lowest BCUT2D eigenvalue weighted by molar-refractivity contribution is -0.290. The van der Waals surface area contributed by atoms with Gasteiger partial charge < -0.3 is 44.6 Å². The Balaban J connectivity index is 1.42. The molecule has 6 rings (SSSR count). The first kappa shape index (κ1) is 33.0. The number of aromatic nitrogens is 2. The van der Waals surface area contributed by atoms with E-state index < -0.39 is 94.3 Å². The summed E-state index contributed by atoms with van der Waals surface area (Å²) >= 11 is 0. The molecule has 0 amide bonds. The van der Waals surface area contributed by atoms with Gasteiger partial charge in [0.2, 0.25) is 11.7 Å². The minimum atomic E-state index is -2.28. The van der Waals surface area contributed by atoms with E-state index in [4.69, 9.17) is 29.4 Å². The van der Waals surface area contributed by atoms with E-state index in [0.29, 0.717) is 16.8 Å². The maximum absolute atomic E-state index is 13.8. The lowest BCUT2D eigenvalue weighted by atomic mass is 9.38. The molecular weight excluding hydrogens is 618 g/mol. The zero-order chi connectivity index (χ0) is 34.2. The van der Waals surface area contributed by atoms with E-state index in [-0.39, 0.29) is 31.6 Å². The molecule has 2 bridgehead atoms. The van der Waals surface area contributed by atoms with E-state index in [2.05, 4.69) is 9.97 Å². The number of aliphatic hydroxyl groups is 2. The average Bonchev–Trinajstić information content (AvgIpc) is 3.62. The number of ether oxygens (including phenoxy) is 5. The number of carbonyl (C=O) groups is 5. The molecule has 3 heterocycles. The Kier molecular flexibility index (Phi) is 7.97. The average molecular weight is 658 g/mol. The van der Waals surface area contributed by atoms with E-state index in [1.807, 2.05) is 0 Å². The van der Waals surface area contributed by atoms with Crippen molar-refractivity contribution in [2.45, 2.75) is 83.0 Å². The lowest BCUT2D eigenvalue weighted by Crippen LogP contribution is -2.79. The lowest BCUT2D eigenvalue weighted by Gasteiger charge is -2.67. The van der Waals surface area contributed by atoms with Crippen LogP contribution in [-0.2, 0) is 54.1 Å². The van der Waals surface area contributed by atoms with Crippen molar-refractivity contribution in [3.63, 3.8) is 0 Å². The number of ketones is 1. The number of nitrogens with one attached hydrogen (secondary N) is 1. The minimum absolute atomic E-state index is 0.0688. The van der Waals surface area contributed by atoms with Gasteiger partial charge in [-0.3, -0.25) is 4.79 Å². The van der Waals surface area contributed by atoms with Gasteiger partial charge in [-0.1, -0.05) is 12.5 Å². The van der Waals surface area contributed by atoms with E-state index in [1.54, 1.807) is 33.9 Å². The number of hydrogen-bond donors (Lipinski definition) is 4. The van der Waals surface area contributed by atoms with Gasteiger partial charge in [0.25, 0.3) is 0 Å². The number of rotatable bonds is 7. The first-order chi connectivity index (χ1) is 22.1. The van der Waals surface area contributed by atoms with Crippen LogP contribution >= 0.6 is 0 Å². The monoisotopic (exact) mass is 657 g/mol. The number of esters is 4. The molecule has 15 heteroatoms. The summed E-state index contributed by atoms with van der Waals surface area (Å²) in [5.74, 6) is -7.38. The van der Waals surface area contributed by atoms with Crippen LogP contribution in [0.15, 0.2) is 35.5 Å². The third-order valence-electron chi connectivity index (χ3n) is 11.0. The van der Waals surface area contributed by atoms with Crippen molar-refractivity contribution in [3.05, 3.63) is 41.2 Å². The molecule has 5 aliphatic rings. The molecule has 15 nitrogen and oxygen atoms in total. The first-order valence-electron chi connectivity index (χ1n) is 15.5. The van der Waals surface area contributed by atoms with Crippen molar-refractivity contribution in [1.82, 2.24) is 9.97 Å². The molecule has 5 N–H and O–H groups in total. The summed E-state index contributed by atoms with van der Waals surface area (Å²) in [5, 5.41) is 23.7. The molecule has 47 heavy (non-hydrogen) atoms. The highest BCUT2D eigenvalue weighted by atomic mass is 16.6. The van der Waals surface area contributed by atoms with Gasteiger partial charge >= 0.3 is 23.9 Å². The number of imidazole rings is 1. The van der Waals surface area contributed by atoms with Crippen molar-refractivity contribution in [1.29, 1.82) is 0 Å². The number of aliphatic hydroxyl groups excluding tert-OH is 2. The second kappa shape index (κ2) is 11.4. The Hall–Kier alpha value is -3.92. The standard InChI is InChI=1S/C32H39N3O12/c1-13(2)6-20(37)46-23-25-31-11-44-32(25,29(42)43-5)26(39)21(38)24(31)30(4)9-18(36)22(14(3)16(30)8-19(31)45-28(23)41)47-27(40)17(33)7-15-10-34-12-35-15/h6,10,12,16-17,19,21,23-26,38-39H,7-9,11,33H2,1-5H3,(H,34,35)/t16-,17-,19+,21+,23+,24?,25+,26-,30-,31+,32-/m0/s1. The van der Waals surface area contributed by atoms with Crippen LogP contribution in [0.4, 0.5) is 0 Å². The van der Waals surface area contributed by atoms with Crippen LogP contribution in [0.3, 0.4) is 0 Å². The van der Waals surface area contributed by atoms with Crippen molar-refractivity contribution < 1.29 is 57.9 Å². The Bertz CT molecular complexity index is 1580. The summed E-state index contributed by atoms with van der Waals surface area (Å²) in [6.45, 7) is 6.44. The van der Waals surface area contributed by atoms with Crippen molar-refractivity contribution in [2.75, 3.05) is 13.7 Å². The van der Waals surface area contributed by atoms with Gasteiger partial charge in [-0.05, 0) is 44.1 Å². The zero-order valence-corrected chi connectivity index (χ0v) is 26.7. The predicted octanol–water partition coefficient (Wildman–Crippen LogP) is -0.205. The SMILES string of the molecule is COC(=O)[C@@]12OC[C@]34C([C@@H](O)[C@@H]1O)[C@@]1(C)CC(=O)C(OC(=O)[C@@H](N)Cc5c[nH]cn5)=C(C)[C@@H]1C[C@H]3OC(=O)[C@H](OC(=O)C=C(C)C)[C@@H]24. The molecule has 4 fully saturated rings. The van der Waals surface area contributed by atoms with Crippen LogP contribution in [-0.4, -0.2) is 99.6 Å². The van der Waals surface area contributed by atoms with Gasteiger partial charge in [-0.2, -0.15) is 0 Å². The summed E-state index contributed by atoms with van der Waals surface area (Å²) < 4.78 is 28.4. The highest BCUT2D eigenvalue weighted by molar-refractivity contribution is 5.98. The number of hydrogen-bond acceptors (Lipinski definition) is 14. The number of allylic oxidation sites excluding steroid dienone is 3. The molecule has 0 radical (unpaired) electrons. The molecule has 11 atom stereocenters. The second-order valence-corrected chi connectivity index (χ2v) is 13.8. The van der Waals surface area contributed by atoms with E-state index in [0.717, 1.165) is 7.11 Å². The van der Waals surface area contributed by atoms with Gasteiger partial charge in [0, 0.05) is 36.4 Å². The van der Waals surface area contributed by atoms with Gasteiger partial charge in [0.05, 0.1) is 37.8 Å². The maximum Gasteiger partial charge on any atom is 0.348 e. The molecule has 1 spiro atoms. The number of Topliss-reactive ketones (excluding diaryl/α,β-unsaturated/α-hetero) is 1. The first-order valence-corrected chi connectivity index (χ1v) is 15.5. The fourth-order valence-corrected chi connectivity index (χ4v) is 9.27. The van der Waals surface area contributed by atoms with Crippen LogP contribution in [0.1, 0.15) is 46.2 Å². The third kappa shape index (κ3) is 4.61. The van der Waals surface area contributed by atoms with Crippen molar-refractivity contribution in [3.8, 4) is 0 Å². The molecule has 3 aliphatic carbocycles. The minimum Gasteiger partial charge on any atom is -0.467 e. The zero-order valence-electron chi connectivity index (χ0n) is 26.7. The second-order valence-electron chi connectivity index (χ2n) is 13.8. The predicted molar refractivity (Wildman–Crippen MR) is 156 cm³/mol. The summed E-state index contributed by atoms with van der Waals surface area (Å²) in [6, 6.07) is -1.11. The van der Waals surface area contributed by atoms with E-state index in [1.165, 1.54) is 12.4 Å². The normalized spacial score (nSPS) is 39.2. The number of aromatic amines is 1. The molecule has 1 unspecified atom stereocenters. The largest absolute Gasteiger partial charge is 0.467 e. The van der Waals surface area contributed by atoms with Gasteiger partial charge in [0.15, 0.2) is 11.5 Å².